The first-order valence-corrected chi connectivity index (χ1v) is 9.47. The number of imide groups is 2. The van der Waals surface area contributed by atoms with Gasteiger partial charge in [-0.15, -0.1) is 0 Å². The topological polar surface area (TPSA) is 88.6 Å². The van der Waals surface area contributed by atoms with Gasteiger partial charge in [0.1, 0.15) is 11.3 Å². The molecular weight excluding hydrogens is 426 g/mol. The van der Waals surface area contributed by atoms with Crippen molar-refractivity contribution in [3.05, 3.63) is 58.3 Å². The van der Waals surface area contributed by atoms with Gasteiger partial charge in [-0.25, -0.2) is 9.69 Å². The minimum atomic E-state index is -0.795. The molecule has 28 heavy (non-hydrogen) atoms. The van der Waals surface area contributed by atoms with Crippen LogP contribution in [0.2, 0.25) is 0 Å². The van der Waals surface area contributed by atoms with E-state index in [1.54, 1.807) is 18.2 Å². The van der Waals surface area contributed by atoms with Gasteiger partial charge in [0, 0.05) is 12.4 Å². The van der Waals surface area contributed by atoms with Gasteiger partial charge in [0.05, 0.1) is 16.3 Å². The number of anilines is 1. The Hall–Kier alpha value is -3.00. The molecule has 1 aliphatic heterocycles. The third-order valence-electron chi connectivity index (χ3n) is 4.19. The van der Waals surface area contributed by atoms with E-state index in [-0.39, 0.29) is 11.7 Å². The summed E-state index contributed by atoms with van der Waals surface area (Å²) in [5.74, 6) is -0.767. The molecule has 144 valence electrons. The van der Waals surface area contributed by atoms with Gasteiger partial charge in [-0.2, -0.15) is 0 Å². The van der Waals surface area contributed by atoms with E-state index in [4.69, 9.17) is 4.74 Å². The number of carbonyl (C=O) groups is 3. The van der Waals surface area contributed by atoms with Gasteiger partial charge < -0.3 is 4.74 Å². The number of aromatic nitrogens is 1. The molecule has 0 radical (unpaired) electrons. The van der Waals surface area contributed by atoms with Crippen LogP contribution in [0.15, 0.2) is 52.8 Å². The van der Waals surface area contributed by atoms with Crippen LogP contribution in [0, 0.1) is 0 Å². The number of nitrogens with zero attached hydrogens (tertiary/aromatic N) is 2. The number of pyridine rings is 1. The van der Waals surface area contributed by atoms with E-state index >= 15 is 0 Å². The molecule has 0 saturated carbocycles. The van der Waals surface area contributed by atoms with Crippen molar-refractivity contribution in [1.82, 2.24) is 10.3 Å². The van der Waals surface area contributed by atoms with E-state index in [2.05, 4.69) is 26.2 Å². The molecule has 4 amide bonds. The van der Waals surface area contributed by atoms with Crippen LogP contribution < -0.4 is 15.0 Å². The summed E-state index contributed by atoms with van der Waals surface area (Å²) in [4.78, 5) is 42.0. The van der Waals surface area contributed by atoms with Crippen molar-refractivity contribution in [2.24, 2.45) is 0 Å². The predicted molar refractivity (Wildman–Crippen MR) is 108 cm³/mol. The SMILES string of the molecule is CC[C@H](C)Oc1ccc(/C=C2\C(=O)NC(=O)N(c3ccncc3)C2=O)cc1Br. The van der Waals surface area contributed by atoms with Crippen LogP contribution in [0.25, 0.3) is 6.08 Å². The second kappa shape index (κ2) is 8.35. The van der Waals surface area contributed by atoms with Crippen molar-refractivity contribution in [2.75, 3.05) is 4.90 Å². The summed E-state index contributed by atoms with van der Waals surface area (Å²) in [6.07, 6.45) is 5.29. The van der Waals surface area contributed by atoms with Crippen LogP contribution in [0.4, 0.5) is 10.5 Å². The summed E-state index contributed by atoms with van der Waals surface area (Å²) in [7, 11) is 0. The Labute approximate surface area is 170 Å². The summed E-state index contributed by atoms with van der Waals surface area (Å²) < 4.78 is 6.50. The highest BCUT2D eigenvalue weighted by Crippen LogP contribution is 2.29. The maximum atomic E-state index is 12.8. The zero-order valence-corrected chi connectivity index (χ0v) is 16.9. The fourth-order valence-corrected chi connectivity index (χ4v) is 3.04. The highest BCUT2D eigenvalue weighted by molar-refractivity contribution is 9.10. The molecule has 2 aromatic rings. The Morgan fingerprint density at radius 2 is 1.93 bits per heavy atom. The highest BCUT2D eigenvalue weighted by Gasteiger charge is 2.36. The summed E-state index contributed by atoms with van der Waals surface area (Å²) in [6.45, 7) is 4.00. The quantitative estimate of drug-likeness (QED) is 0.562. The Kier molecular flexibility index (Phi) is 5.89. The van der Waals surface area contributed by atoms with Gasteiger partial charge in [0.25, 0.3) is 11.8 Å². The van der Waals surface area contributed by atoms with Crippen LogP contribution in [-0.4, -0.2) is 28.9 Å². The van der Waals surface area contributed by atoms with Crippen LogP contribution in [-0.2, 0) is 9.59 Å². The first kappa shape index (κ1) is 19.8. The lowest BCUT2D eigenvalue weighted by Crippen LogP contribution is -2.54. The van der Waals surface area contributed by atoms with E-state index in [0.29, 0.717) is 21.5 Å². The maximum absolute atomic E-state index is 12.8. The van der Waals surface area contributed by atoms with Gasteiger partial charge in [0.2, 0.25) is 0 Å². The molecule has 1 fully saturated rings. The fraction of sp³-hybridized carbons (Fsp3) is 0.200. The summed E-state index contributed by atoms with van der Waals surface area (Å²) in [5, 5.41) is 2.19. The van der Waals surface area contributed by atoms with E-state index in [0.717, 1.165) is 11.3 Å². The van der Waals surface area contributed by atoms with Gasteiger partial charge in [-0.3, -0.25) is 19.9 Å². The van der Waals surface area contributed by atoms with Crippen molar-refractivity contribution in [3.63, 3.8) is 0 Å². The monoisotopic (exact) mass is 443 g/mol. The van der Waals surface area contributed by atoms with Crippen molar-refractivity contribution < 1.29 is 19.1 Å². The maximum Gasteiger partial charge on any atom is 0.335 e. The third-order valence-corrected chi connectivity index (χ3v) is 4.81. The zero-order chi connectivity index (χ0) is 20.3. The standard InChI is InChI=1S/C20H18BrN3O4/c1-3-12(2)28-17-5-4-13(11-16(17)21)10-15-18(25)23-20(27)24(19(15)26)14-6-8-22-9-7-14/h4-12H,3H2,1-2H3,(H,23,25,27)/b15-10+/t12-/m0/s1. The van der Waals surface area contributed by atoms with Gasteiger partial charge >= 0.3 is 6.03 Å². The molecular formula is C20H18BrN3O4. The Morgan fingerprint density at radius 3 is 2.57 bits per heavy atom. The first-order chi connectivity index (χ1) is 13.4. The second-order valence-corrected chi connectivity index (χ2v) is 7.04. The number of nitrogens with one attached hydrogen (secondary N) is 1. The largest absolute Gasteiger partial charge is 0.490 e. The number of ether oxygens (including phenoxy) is 1. The lowest BCUT2D eigenvalue weighted by Gasteiger charge is -2.26. The van der Waals surface area contributed by atoms with E-state index in [1.807, 2.05) is 13.8 Å². The first-order valence-electron chi connectivity index (χ1n) is 8.68. The molecule has 0 bridgehead atoms. The molecule has 8 heteroatoms. The number of carbonyl (C=O) groups excluding carboxylic acids is 3. The predicted octanol–water partition coefficient (Wildman–Crippen LogP) is 3.69. The van der Waals surface area contributed by atoms with Crippen LogP contribution in [0.3, 0.4) is 0 Å². The van der Waals surface area contributed by atoms with Gasteiger partial charge in [-0.1, -0.05) is 13.0 Å². The number of amides is 4. The molecule has 0 spiro atoms. The number of rotatable bonds is 5. The molecule has 1 aromatic carbocycles. The molecule has 1 N–H and O–H groups in total. The molecule has 1 aliphatic rings. The molecule has 1 atom stereocenters. The number of barbiturate groups is 1. The Balaban J connectivity index is 1.92. The second-order valence-electron chi connectivity index (χ2n) is 6.19. The summed E-state index contributed by atoms with van der Waals surface area (Å²) in [5.41, 5.74) is 0.805. The smallest absolute Gasteiger partial charge is 0.335 e. The van der Waals surface area contributed by atoms with E-state index in [9.17, 15) is 14.4 Å². The van der Waals surface area contributed by atoms with Crippen LogP contribution in [0.5, 0.6) is 5.75 Å². The van der Waals surface area contributed by atoms with Crippen molar-refractivity contribution in [1.29, 1.82) is 0 Å². The molecule has 2 heterocycles. The minimum absolute atomic E-state index is 0.0612. The molecule has 1 aromatic heterocycles. The van der Waals surface area contributed by atoms with Gasteiger partial charge in [-0.05, 0) is 65.2 Å². The molecule has 3 rings (SSSR count). The van der Waals surface area contributed by atoms with E-state index in [1.165, 1.54) is 30.6 Å². The van der Waals surface area contributed by atoms with Crippen molar-refractivity contribution in [2.45, 2.75) is 26.4 Å². The number of urea groups is 1. The van der Waals surface area contributed by atoms with Crippen LogP contribution >= 0.6 is 15.9 Å². The number of hydrogen-bond donors (Lipinski definition) is 1. The molecule has 0 aliphatic carbocycles. The van der Waals surface area contributed by atoms with Gasteiger partial charge in [0.15, 0.2) is 0 Å². The fourth-order valence-electron chi connectivity index (χ4n) is 2.55. The summed E-state index contributed by atoms with van der Waals surface area (Å²) in [6, 6.07) is 7.49. The Morgan fingerprint density at radius 1 is 1.21 bits per heavy atom. The lowest BCUT2D eigenvalue weighted by molar-refractivity contribution is -0.122. The van der Waals surface area contributed by atoms with Crippen molar-refractivity contribution >= 4 is 45.5 Å². The number of hydrogen-bond acceptors (Lipinski definition) is 5. The third kappa shape index (κ3) is 4.12. The molecule has 0 unspecified atom stereocenters. The average molecular weight is 444 g/mol. The molecule has 1 saturated heterocycles. The highest BCUT2D eigenvalue weighted by atomic mass is 79.9. The average Bonchev–Trinajstić information content (AvgIpc) is 2.67. The number of halogens is 1. The molecule has 7 nitrogen and oxygen atoms in total. The summed E-state index contributed by atoms with van der Waals surface area (Å²) >= 11 is 3.45. The Bertz CT molecular complexity index is 959. The normalized spacial score (nSPS) is 16.9. The van der Waals surface area contributed by atoms with Crippen molar-refractivity contribution in [3.8, 4) is 5.75 Å². The van der Waals surface area contributed by atoms with Crippen LogP contribution in [0.1, 0.15) is 25.8 Å². The number of benzene rings is 1. The lowest BCUT2D eigenvalue weighted by atomic mass is 10.1. The minimum Gasteiger partial charge on any atom is -0.490 e. The zero-order valence-electron chi connectivity index (χ0n) is 15.3. The van der Waals surface area contributed by atoms with E-state index < -0.39 is 17.8 Å².